The Labute approximate surface area is 69.7 Å². The topological polar surface area (TPSA) is 17.3 Å². The molecule has 2 rings (SSSR count). The summed E-state index contributed by atoms with van der Waals surface area (Å²) >= 11 is -0.0463. The summed E-state index contributed by atoms with van der Waals surface area (Å²) in [5, 5.41) is 0. The molecule has 0 spiro atoms. The van der Waals surface area contributed by atoms with Crippen molar-refractivity contribution in [3.8, 4) is 0 Å². The molecule has 0 unspecified atom stereocenters. The van der Waals surface area contributed by atoms with Crippen LogP contribution in [0, 0.1) is 0 Å². The van der Waals surface area contributed by atoms with Crippen LogP contribution in [0.1, 0.15) is 6.92 Å². The maximum Gasteiger partial charge on any atom is 0.142 e. The van der Waals surface area contributed by atoms with Gasteiger partial charge in [0.1, 0.15) is 5.82 Å². The van der Waals surface area contributed by atoms with E-state index in [1.165, 1.54) is 5.70 Å². The average molecular weight is 246 g/mol. The zero-order valence-electron chi connectivity index (χ0n) is 5.58. The predicted molar refractivity (Wildman–Crippen MR) is 50.5 cm³/mol. The number of rotatable bonds is 0. The molecule has 10 heavy (non-hydrogen) atoms. The van der Waals surface area contributed by atoms with Crippen LogP contribution in [0.5, 0.6) is 0 Å². The van der Waals surface area contributed by atoms with Gasteiger partial charge >= 0.3 is 0 Å². The molecule has 0 radical (unpaired) electrons. The van der Waals surface area contributed by atoms with Crippen LogP contribution in [0.4, 0.5) is 5.82 Å². The van der Waals surface area contributed by atoms with E-state index in [0.29, 0.717) is 0 Å². The Morgan fingerprint density at radius 1 is 1.60 bits per heavy atom. The summed E-state index contributed by atoms with van der Waals surface area (Å²) in [6.45, 7) is 2.12. The highest BCUT2D eigenvalue weighted by Crippen LogP contribution is 2.29. The van der Waals surface area contributed by atoms with Gasteiger partial charge in [-0.2, -0.15) is 0 Å². The van der Waals surface area contributed by atoms with E-state index in [9.17, 15) is 0 Å². The van der Waals surface area contributed by atoms with E-state index in [0.717, 1.165) is 5.82 Å². The molecule has 0 fully saturated rings. The van der Waals surface area contributed by atoms with Gasteiger partial charge in [0.05, 0.1) is 0 Å². The Hall–Kier alpha value is -0.450. The van der Waals surface area contributed by atoms with Gasteiger partial charge in [-0.1, -0.05) is 0 Å². The number of halogens is 1. The Morgan fingerprint density at radius 2 is 2.50 bits per heavy atom. The summed E-state index contributed by atoms with van der Waals surface area (Å²) in [5.74, 6) is 1.12. The Morgan fingerprint density at radius 3 is 3.30 bits per heavy atom. The standard InChI is InChI=1S/C7H7IN2/c1-6-5-8-9-7-3-2-4-10(6)7/h2-5H,1H3. The lowest BCUT2D eigenvalue weighted by atomic mass is 10.5. The fourth-order valence-electron chi connectivity index (χ4n) is 0.937. The van der Waals surface area contributed by atoms with E-state index in [-0.39, 0.29) is 21.0 Å². The number of aromatic nitrogens is 1. The molecule has 0 saturated heterocycles. The lowest BCUT2D eigenvalue weighted by Crippen LogP contribution is -1.89. The van der Waals surface area contributed by atoms with Gasteiger partial charge in [0.15, 0.2) is 0 Å². The van der Waals surface area contributed by atoms with Crippen molar-refractivity contribution >= 4 is 32.5 Å². The Bertz CT molecular complexity index is 309. The van der Waals surface area contributed by atoms with Crippen molar-refractivity contribution < 1.29 is 0 Å². The molecule has 2 heterocycles. The van der Waals surface area contributed by atoms with E-state index >= 15 is 0 Å². The molecule has 0 atom stereocenters. The Kier molecular flexibility index (Phi) is 1.44. The maximum absolute atomic E-state index is 4.40. The Balaban J connectivity index is 2.67. The van der Waals surface area contributed by atoms with Gasteiger partial charge in [-0.15, -0.1) is 0 Å². The molecule has 0 bridgehead atoms. The number of nitrogens with zero attached hydrogens (tertiary/aromatic N) is 2. The first-order valence-corrected chi connectivity index (χ1v) is 5.27. The van der Waals surface area contributed by atoms with Crippen molar-refractivity contribution in [3.63, 3.8) is 0 Å². The van der Waals surface area contributed by atoms with E-state index in [2.05, 4.69) is 24.8 Å². The SMILES string of the molecule is CC1=CI=Nc2cccn21. The van der Waals surface area contributed by atoms with E-state index in [1.807, 2.05) is 12.3 Å². The predicted octanol–water partition coefficient (Wildman–Crippen LogP) is 3.11. The molecule has 1 aromatic heterocycles. The quantitative estimate of drug-likeness (QED) is 0.626. The number of hydrogen-bond acceptors (Lipinski definition) is 1. The molecular formula is C7H7IN2. The van der Waals surface area contributed by atoms with Crippen LogP contribution in [0.15, 0.2) is 25.6 Å². The van der Waals surface area contributed by atoms with Crippen molar-refractivity contribution in [2.75, 3.05) is 0 Å². The van der Waals surface area contributed by atoms with Gasteiger partial charge in [-0.25, -0.2) is 3.15 Å². The van der Waals surface area contributed by atoms with Crippen LogP contribution in [-0.4, -0.2) is 4.57 Å². The highest BCUT2D eigenvalue weighted by Gasteiger charge is 2.02. The molecule has 1 aliphatic heterocycles. The minimum absolute atomic E-state index is 0.0463. The molecule has 2 nitrogen and oxygen atoms in total. The highest BCUT2D eigenvalue weighted by atomic mass is 127. The first kappa shape index (κ1) is 6.27. The van der Waals surface area contributed by atoms with E-state index in [4.69, 9.17) is 0 Å². The zero-order valence-corrected chi connectivity index (χ0v) is 7.74. The molecule has 3 heteroatoms. The second-order valence-corrected chi connectivity index (χ2v) is 3.83. The molecule has 1 aromatic rings. The van der Waals surface area contributed by atoms with Crippen LogP contribution < -0.4 is 0 Å². The van der Waals surface area contributed by atoms with Crippen molar-refractivity contribution in [2.45, 2.75) is 6.92 Å². The second kappa shape index (κ2) is 2.30. The maximum atomic E-state index is 4.40. The van der Waals surface area contributed by atoms with Gasteiger partial charge in [0, 0.05) is 37.0 Å². The van der Waals surface area contributed by atoms with Crippen LogP contribution >= 0.6 is 21.0 Å². The summed E-state index contributed by atoms with van der Waals surface area (Å²) in [7, 11) is 0. The monoisotopic (exact) mass is 246 g/mol. The number of allylic oxidation sites excluding steroid dienone is 1. The molecule has 0 aliphatic carbocycles. The average Bonchev–Trinajstić information content (AvgIpc) is 2.36. The van der Waals surface area contributed by atoms with Crippen LogP contribution in [0.25, 0.3) is 5.70 Å². The van der Waals surface area contributed by atoms with E-state index < -0.39 is 0 Å². The first-order chi connectivity index (χ1) is 4.88. The molecule has 0 N–H and O–H groups in total. The third kappa shape index (κ3) is 0.847. The van der Waals surface area contributed by atoms with Crippen LogP contribution in [0.2, 0.25) is 0 Å². The molecule has 0 amide bonds. The van der Waals surface area contributed by atoms with Gasteiger partial charge in [-0.3, -0.25) is 0 Å². The third-order valence-electron chi connectivity index (χ3n) is 1.45. The lowest BCUT2D eigenvalue weighted by molar-refractivity contribution is 1.10. The van der Waals surface area contributed by atoms with Gasteiger partial charge in [0.2, 0.25) is 0 Å². The van der Waals surface area contributed by atoms with Gasteiger partial charge in [-0.05, 0) is 19.1 Å². The number of hydrogen-bond donors (Lipinski definition) is 0. The fourth-order valence-corrected chi connectivity index (χ4v) is 2.46. The normalized spacial score (nSPS) is 15.5. The number of fused-ring (bicyclic) bond motifs is 1. The summed E-state index contributed by atoms with van der Waals surface area (Å²) in [4.78, 5) is 0. The molecule has 0 saturated carbocycles. The lowest BCUT2D eigenvalue weighted by Gasteiger charge is -2.06. The van der Waals surface area contributed by atoms with E-state index in [1.54, 1.807) is 0 Å². The summed E-state index contributed by atoms with van der Waals surface area (Å²) in [6.07, 6.45) is 2.05. The molecule has 1 aliphatic rings. The van der Waals surface area contributed by atoms with Gasteiger partial charge in [0.25, 0.3) is 0 Å². The van der Waals surface area contributed by atoms with Crippen molar-refractivity contribution in [3.05, 3.63) is 22.4 Å². The molecule has 0 aromatic carbocycles. The smallest absolute Gasteiger partial charge is 0.142 e. The molecule has 52 valence electrons. The van der Waals surface area contributed by atoms with Crippen molar-refractivity contribution in [1.29, 1.82) is 0 Å². The largest absolute Gasteiger partial charge is 0.305 e. The van der Waals surface area contributed by atoms with Crippen LogP contribution in [0.3, 0.4) is 0 Å². The summed E-state index contributed by atoms with van der Waals surface area (Å²) in [6, 6.07) is 4.08. The first-order valence-electron chi connectivity index (χ1n) is 3.06. The van der Waals surface area contributed by atoms with Crippen molar-refractivity contribution in [2.24, 2.45) is 3.15 Å². The van der Waals surface area contributed by atoms with Crippen LogP contribution in [-0.2, 0) is 0 Å². The minimum atomic E-state index is -0.0463. The second-order valence-electron chi connectivity index (χ2n) is 2.17. The minimum Gasteiger partial charge on any atom is -0.305 e. The highest BCUT2D eigenvalue weighted by molar-refractivity contribution is 14.2. The third-order valence-corrected chi connectivity index (χ3v) is 3.40. The van der Waals surface area contributed by atoms with Gasteiger partial charge < -0.3 is 4.57 Å². The molecular weight excluding hydrogens is 239 g/mol. The zero-order chi connectivity index (χ0) is 6.97. The summed E-state index contributed by atoms with van der Waals surface area (Å²) < 4.78 is 8.74. The summed E-state index contributed by atoms with van der Waals surface area (Å²) in [5.41, 5.74) is 1.32. The fraction of sp³-hybridized carbons (Fsp3) is 0.143. The van der Waals surface area contributed by atoms with Crippen molar-refractivity contribution in [1.82, 2.24) is 4.57 Å².